The highest BCUT2D eigenvalue weighted by molar-refractivity contribution is 5.81. The van der Waals surface area contributed by atoms with Crippen molar-refractivity contribution >= 4 is 22.8 Å². The number of carbonyl (C=O) groups is 2. The van der Waals surface area contributed by atoms with E-state index in [1.165, 1.54) is 13.5 Å². The Labute approximate surface area is 159 Å². The Kier molecular flexibility index (Phi) is 6.45. The van der Waals surface area contributed by atoms with Gasteiger partial charge in [0, 0.05) is 32.7 Å². The number of methoxy groups -OCH3 is 1. The molecule has 2 amide bonds. The molecule has 1 aliphatic rings. The number of para-hydroxylation sites is 2. The van der Waals surface area contributed by atoms with Gasteiger partial charge in [-0.1, -0.05) is 12.1 Å². The lowest BCUT2D eigenvalue weighted by Crippen LogP contribution is -2.43. The Morgan fingerprint density at radius 1 is 1.30 bits per heavy atom. The number of nitrogens with zero attached hydrogens (tertiary/aromatic N) is 3. The van der Waals surface area contributed by atoms with Crippen molar-refractivity contribution in [3.05, 3.63) is 30.1 Å². The first kappa shape index (κ1) is 19.4. The number of piperidine rings is 1. The zero-order chi connectivity index (χ0) is 19.2. The monoisotopic (exact) mass is 372 g/mol. The minimum Gasteiger partial charge on any atom is -0.375 e. The number of hydrogen-bond acceptors (Lipinski definition) is 4. The van der Waals surface area contributed by atoms with Crippen LogP contribution in [0, 0.1) is 0 Å². The van der Waals surface area contributed by atoms with Crippen molar-refractivity contribution in [1.82, 2.24) is 19.8 Å². The van der Waals surface area contributed by atoms with E-state index in [1.807, 2.05) is 33.7 Å². The molecule has 7 nitrogen and oxygen atoms in total. The third kappa shape index (κ3) is 4.66. The van der Waals surface area contributed by atoms with E-state index >= 15 is 0 Å². The minimum atomic E-state index is -0.154. The molecule has 1 aromatic heterocycles. The molecule has 0 saturated carbocycles. The van der Waals surface area contributed by atoms with Gasteiger partial charge in [0.25, 0.3) is 0 Å². The van der Waals surface area contributed by atoms with Gasteiger partial charge in [-0.15, -0.1) is 0 Å². The van der Waals surface area contributed by atoms with Crippen molar-refractivity contribution < 1.29 is 14.3 Å². The summed E-state index contributed by atoms with van der Waals surface area (Å²) in [7, 11) is 1.49. The molecule has 2 heterocycles. The molecule has 27 heavy (non-hydrogen) atoms. The second-order valence-corrected chi connectivity index (χ2v) is 7.07. The molecule has 1 aliphatic heterocycles. The number of fused-ring (bicyclic) bond motifs is 1. The standard InChI is InChI=1S/C20H28N4O3/c1-15-7-5-6-12-23(15)20(26)13-24-17-9-4-3-8-16(17)22-18(24)10-11-21-19(25)14-27-2/h3-4,8-9,15H,5-7,10-14H2,1-2H3,(H,21,25). The zero-order valence-corrected chi connectivity index (χ0v) is 16.1. The summed E-state index contributed by atoms with van der Waals surface area (Å²) in [5, 5.41) is 2.81. The van der Waals surface area contributed by atoms with Crippen LogP contribution in [0.25, 0.3) is 11.0 Å². The van der Waals surface area contributed by atoms with Gasteiger partial charge in [0.1, 0.15) is 19.0 Å². The third-order valence-corrected chi connectivity index (χ3v) is 5.10. The lowest BCUT2D eigenvalue weighted by molar-refractivity contribution is -0.135. The van der Waals surface area contributed by atoms with Crippen LogP contribution in [0.5, 0.6) is 0 Å². The van der Waals surface area contributed by atoms with Crippen LogP contribution in [-0.2, 0) is 27.3 Å². The predicted molar refractivity (Wildman–Crippen MR) is 103 cm³/mol. The van der Waals surface area contributed by atoms with Crippen molar-refractivity contribution in [2.24, 2.45) is 0 Å². The fourth-order valence-electron chi connectivity index (χ4n) is 3.68. The minimum absolute atomic E-state index is 0.0434. The topological polar surface area (TPSA) is 76.5 Å². The quantitative estimate of drug-likeness (QED) is 0.803. The normalized spacial score (nSPS) is 17.3. The highest BCUT2D eigenvalue weighted by atomic mass is 16.5. The number of carbonyl (C=O) groups excluding carboxylic acids is 2. The predicted octanol–water partition coefficient (Wildman–Crippen LogP) is 1.74. The van der Waals surface area contributed by atoms with Gasteiger partial charge in [0.05, 0.1) is 11.0 Å². The van der Waals surface area contributed by atoms with E-state index in [1.54, 1.807) is 0 Å². The van der Waals surface area contributed by atoms with Crippen molar-refractivity contribution in [3.63, 3.8) is 0 Å². The summed E-state index contributed by atoms with van der Waals surface area (Å²) in [4.78, 5) is 31.2. The van der Waals surface area contributed by atoms with Gasteiger partial charge in [-0.05, 0) is 38.3 Å². The van der Waals surface area contributed by atoms with Crippen LogP contribution in [0.15, 0.2) is 24.3 Å². The molecule has 1 atom stereocenters. The summed E-state index contributed by atoms with van der Waals surface area (Å²) in [5.41, 5.74) is 1.82. The molecule has 1 aromatic carbocycles. The largest absolute Gasteiger partial charge is 0.375 e. The molecule has 0 spiro atoms. The molecule has 1 N–H and O–H groups in total. The van der Waals surface area contributed by atoms with E-state index in [0.717, 1.165) is 36.2 Å². The summed E-state index contributed by atoms with van der Waals surface area (Å²) in [6.07, 6.45) is 3.88. The fourth-order valence-corrected chi connectivity index (χ4v) is 3.68. The highest BCUT2D eigenvalue weighted by Crippen LogP contribution is 2.20. The van der Waals surface area contributed by atoms with Gasteiger partial charge in [0.15, 0.2) is 0 Å². The molecule has 2 aromatic rings. The summed E-state index contributed by atoms with van der Waals surface area (Å²) >= 11 is 0. The lowest BCUT2D eigenvalue weighted by Gasteiger charge is -2.33. The fraction of sp³-hybridized carbons (Fsp3) is 0.550. The van der Waals surface area contributed by atoms with Gasteiger partial charge >= 0.3 is 0 Å². The molecule has 0 aliphatic carbocycles. The summed E-state index contributed by atoms with van der Waals surface area (Å²) in [5.74, 6) is 0.792. The smallest absolute Gasteiger partial charge is 0.245 e. The number of amides is 2. The van der Waals surface area contributed by atoms with Crippen molar-refractivity contribution in [1.29, 1.82) is 0 Å². The van der Waals surface area contributed by atoms with E-state index < -0.39 is 0 Å². The molecule has 146 valence electrons. The molecule has 0 radical (unpaired) electrons. The third-order valence-electron chi connectivity index (χ3n) is 5.10. The average molecular weight is 372 g/mol. The van der Waals surface area contributed by atoms with Crippen LogP contribution >= 0.6 is 0 Å². The first-order valence-corrected chi connectivity index (χ1v) is 9.59. The number of nitrogens with one attached hydrogen (secondary N) is 1. The Hall–Kier alpha value is -2.41. The first-order chi connectivity index (χ1) is 13.1. The molecule has 0 bridgehead atoms. The average Bonchev–Trinajstić information content (AvgIpc) is 3.00. The molecule has 1 fully saturated rings. The number of imidazole rings is 1. The molecule has 1 unspecified atom stereocenters. The second kappa shape index (κ2) is 8.99. The Morgan fingerprint density at radius 3 is 2.89 bits per heavy atom. The maximum atomic E-state index is 12.9. The highest BCUT2D eigenvalue weighted by Gasteiger charge is 2.24. The van der Waals surface area contributed by atoms with Crippen molar-refractivity contribution in [2.75, 3.05) is 26.8 Å². The Morgan fingerprint density at radius 2 is 2.11 bits per heavy atom. The van der Waals surface area contributed by atoms with E-state index in [-0.39, 0.29) is 31.0 Å². The summed E-state index contributed by atoms with van der Waals surface area (Å²) in [6, 6.07) is 8.13. The summed E-state index contributed by atoms with van der Waals surface area (Å²) in [6.45, 7) is 3.73. The first-order valence-electron chi connectivity index (χ1n) is 9.59. The number of aromatic nitrogens is 2. The van der Waals surface area contributed by atoms with Crippen LogP contribution in [0.4, 0.5) is 0 Å². The number of rotatable bonds is 7. The van der Waals surface area contributed by atoms with Crippen LogP contribution < -0.4 is 5.32 Å². The zero-order valence-electron chi connectivity index (χ0n) is 16.1. The molecular formula is C20H28N4O3. The van der Waals surface area contributed by atoms with Crippen LogP contribution in [-0.4, -0.2) is 59.1 Å². The van der Waals surface area contributed by atoms with Crippen LogP contribution in [0.2, 0.25) is 0 Å². The van der Waals surface area contributed by atoms with Gasteiger partial charge < -0.3 is 19.5 Å². The van der Waals surface area contributed by atoms with Crippen LogP contribution in [0.3, 0.4) is 0 Å². The van der Waals surface area contributed by atoms with Crippen LogP contribution in [0.1, 0.15) is 32.0 Å². The van der Waals surface area contributed by atoms with E-state index in [9.17, 15) is 9.59 Å². The second-order valence-electron chi connectivity index (χ2n) is 7.07. The number of hydrogen-bond donors (Lipinski definition) is 1. The van der Waals surface area contributed by atoms with E-state index in [0.29, 0.717) is 13.0 Å². The van der Waals surface area contributed by atoms with Gasteiger partial charge in [0.2, 0.25) is 11.8 Å². The summed E-state index contributed by atoms with van der Waals surface area (Å²) < 4.78 is 6.81. The Bertz CT molecular complexity index is 802. The molecule has 7 heteroatoms. The molecule has 1 saturated heterocycles. The SMILES string of the molecule is COCC(=O)NCCc1nc2ccccc2n1CC(=O)N1CCCCC1C. The molecular weight excluding hydrogens is 344 g/mol. The van der Waals surface area contributed by atoms with E-state index in [4.69, 9.17) is 4.74 Å². The lowest BCUT2D eigenvalue weighted by atomic mass is 10.0. The number of likely N-dealkylation sites (tertiary alicyclic amines) is 1. The van der Waals surface area contributed by atoms with Gasteiger partial charge in [-0.2, -0.15) is 0 Å². The van der Waals surface area contributed by atoms with E-state index in [2.05, 4.69) is 17.2 Å². The molecule has 3 rings (SSSR count). The van der Waals surface area contributed by atoms with Crippen molar-refractivity contribution in [2.45, 2.75) is 45.2 Å². The number of benzene rings is 1. The van der Waals surface area contributed by atoms with Crippen molar-refractivity contribution in [3.8, 4) is 0 Å². The maximum Gasteiger partial charge on any atom is 0.245 e. The Balaban J connectivity index is 1.76. The maximum absolute atomic E-state index is 12.9. The van der Waals surface area contributed by atoms with Gasteiger partial charge in [-0.3, -0.25) is 9.59 Å². The van der Waals surface area contributed by atoms with Gasteiger partial charge in [-0.25, -0.2) is 4.98 Å². The number of ether oxygens (including phenoxy) is 1.